The van der Waals surface area contributed by atoms with Gasteiger partial charge in [-0.15, -0.1) is 0 Å². The molecule has 0 aliphatic carbocycles. The van der Waals surface area contributed by atoms with Crippen LogP contribution in [0.2, 0.25) is 0 Å². The molecule has 2 heterocycles. The second kappa shape index (κ2) is 13.4. The van der Waals surface area contributed by atoms with E-state index in [4.69, 9.17) is 9.73 Å². The minimum Gasteiger partial charge on any atom is -0.375 e. The maximum Gasteiger partial charge on any atom is 0.191 e. The molecule has 0 amide bonds. The number of anilines is 1. The molecule has 1 aliphatic rings. The summed E-state index contributed by atoms with van der Waals surface area (Å²) in [4.78, 5) is 14.1. The van der Waals surface area contributed by atoms with Crippen molar-refractivity contribution >= 4 is 11.8 Å². The highest BCUT2D eigenvalue weighted by Gasteiger charge is 2.18. The summed E-state index contributed by atoms with van der Waals surface area (Å²) in [6.45, 7) is 18.3. The number of morpholine rings is 1. The molecule has 170 valence electrons. The zero-order chi connectivity index (χ0) is 21.8. The van der Waals surface area contributed by atoms with E-state index < -0.39 is 0 Å². The van der Waals surface area contributed by atoms with Crippen LogP contribution in [0.3, 0.4) is 0 Å². The topological polar surface area (TPSA) is 65.0 Å². The van der Waals surface area contributed by atoms with Crippen LogP contribution in [0, 0.1) is 0 Å². The predicted octanol–water partition coefficient (Wildman–Crippen LogP) is 2.87. The molecule has 2 unspecified atom stereocenters. The van der Waals surface area contributed by atoms with Crippen LogP contribution in [0.25, 0.3) is 0 Å². The van der Waals surface area contributed by atoms with Crippen LogP contribution in [0.4, 0.5) is 5.82 Å². The van der Waals surface area contributed by atoms with Crippen LogP contribution in [0.5, 0.6) is 0 Å². The molecule has 7 heteroatoms. The van der Waals surface area contributed by atoms with Gasteiger partial charge in [0.2, 0.25) is 0 Å². The molecular formula is C23H42N6O. The number of nitrogens with zero attached hydrogens (tertiary/aromatic N) is 4. The Kier molecular flexibility index (Phi) is 10.9. The Balaban J connectivity index is 1.89. The van der Waals surface area contributed by atoms with E-state index in [9.17, 15) is 0 Å². The van der Waals surface area contributed by atoms with Crippen molar-refractivity contribution in [2.75, 3.05) is 50.8 Å². The highest BCUT2D eigenvalue weighted by molar-refractivity contribution is 5.80. The van der Waals surface area contributed by atoms with Crippen molar-refractivity contribution in [3.8, 4) is 0 Å². The molecule has 0 spiro atoms. The Morgan fingerprint density at radius 3 is 2.87 bits per heavy atom. The van der Waals surface area contributed by atoms with Crippen LogP contribution in [0.1, 0.15) is 53.0 Å². The summed E-state index contributed by atoms with van der Waals surface area (Å²) >= 11 is 0. The monoisotopic (exact) mass is 418 g/mol. The average molecular weight is 419 g/mol. The SMILES string of the molecule is CCNC(=NCc1ccnc(N2CCOC(C)C2)c1)NC(C)CCCN(CC)CC. The van der Waals surface area contributed by atoms with Gasteiger partial charge in [0.25, 0.3) is 0 Å². The summed E-state index contributed by atoms with van der Waals surface area (Å²) in [7, 11) is 0. The summed E-state index contributed by atoms with van der Waals surface area (Å²) in [5, 5.41) is 6.93. The molecule has 0 radical (unpaired) electrons. The van der Waals surface area contributed by atoms with Gasteiger partial charge in [-0.25, -0.2) is 9.98 Å². The standard InChI is InChI=1S/C23H42N6O/c1-6-24-23(27-19(4)10-9-13-28(7-2)8-3)26-17-21-11-12-25-22(16-21)29-14-15-30-20(5)18-29/h11-12,16,19-20H,6-10,13-15,17-18H2,1-5H3,(H2,24,26,27). The summed E-state index contributed by atoms with van der Waals surface area (Å²) in [6, 6.07) is 4.59. The molecule has 1 aromatic heterocycles. The van der Waals surface area contributed by atoms with E-state index in [0.717, 1.165) is 64.1 Å². The molecule has 7 nitrogen and oxygen atoms in total. The zero-order valence-electron chi connectivity index (χ0n) is 19.7. The second-order valence-corrected chi connectivity index (χ2v) is 8.06. The predicted molar refractivity (Wildman–Crippen MR) is 126 cm³/mol. The Bertz CT molecular complexity index is 634. The largest absolute Gasteiger partial charge is 0.375 e. The molecular weight excluding hydrogens is 376 g/mol. The van der Waals surface area contributed by atoms with Gasteiger partial charge >= 0.3 is 0 Å². The summed E-state index contributed by atoms with van der Waals surface area (Å²) < 4.78 is 5.65. The van der Waals surface area contributed by atoms with Crippen molar-refractivity contribution in [1.82, 2.24) is 20.5 Å². The molecule has 2 atom stereocenters. The summed E-state index contributed by atoms with van der Waals surface area (Å²) in [5.74, 6) is 1.90. The Labute approximate surface area is 183 Å². The third kappa shape index (κ3) is 8.48. The van der Waals surface area contributed by atoms with Crippen molar-refractivity contribution < 1.29 is 4.74 Å². The van der Waals surface area contributed by atoms with Gasteiger partial charge in [-0.2, -0.15) is 0 Å². The van der Waals surface area contributed by atoms with Crippen molar-refractivity contribution in [2.24, 2.45) is 4.99 Å². The highest BCUT2D eigenvalue weighted by Crippen LogP contribution is 2.17. The number of rotatable bonds is 11. The number of guanidine groups is 1. The first-order valence-electron chi connectivity index (χ1n) is 11.6. The van der Waals surface area contributed by atoms with E-state index in [1.807, 2.05) is 12.3 Å². The number of aliphatic imine (C=N–C) groups is 1. The quantitative estimate of drug-likeness (QED) is 0.426. The first-order chi connectivity index (χ1) is 14.5. The summed E-state index contributed by atoms with van der Waals surface area (Å²) in [5.41, 5.74) is 1.17. The molecule has 2 N–H and O–H groups in total. The van der Waals surface area contributed by atoms with Gasteiger partial charge in [-0.3, -0.25) is 0 Å². The number of ether oxygens (including phenoxy) is 1. The first kappa shape index (κ1) is 24.4. The van der Waals surface area contributed by atoms with Crippen molar-refractivity contribution in [3.63, 3.8) is 0 Å². The lowest BCUT2D eigenvalue weighted by Gasteiger charge is -2.32. The molecule has 2 rings (SSSR count). The van der Waals surface area contributed by atoms with Gasteiger partial charge in [0.15, 0.2) is 5.96 Å². The normalized spacial score (nSPS) is 18.5. The average Bonchev–Trinajstić information content (AvgIpc) is 2.75. The fourth-order valence-electron chi connectivity index (χ4n) is 3.72. The Morgan fingerprint density at radius 2 is 2.17 bits per heavy atom. The van der Waals surface area contributed by atoms with Crippen molar-refractivity contribution in [3.05, 3.63) is 23.9 Å². The maximum atomic E-state index is 5.65. The first-order valence-corrected chi connectivity index (χ1v) is 11.6. The lowest BCUT2D eigenvalue weighted by atomic mass is 10.2. The minimum atomic E-state index is 0.245. The molecule has 1 aliphatic heterocycles. The van der Waals surface area contributed by atoms with E-state index in [1.165, 1.54) is 12.0 Å². The van der Waals surface area contributed by atoms with Gasteiger partial charge in [0.05, 0.1) is 19.3 Å². The van der Waals surface area contributed by atoms with Crippen LogP contribution in [0.15, 0.2) is 23.3 Å². The van der Waals surface area contributed by atoms with Gasteiger partial charge in [0, 0.05) is 31.9 Å². The molecule has 1 saturated heterocycles. The zero-order valence-corrected chi connectivity index (χ0v) is 19.7. The Hall–Kier alpha value is -1.86. The fraction of sp³-hybridized carbons (Fsp3) is 0.739. The van der Waals surface area contributed by atoms with Gasteiger partial charge in [0.1, 0.15) is 5.82 Å². The van der Waals surface area contributed by atoms with Gasteiger partial charge in [-0.1, -0.05) is 13.8 Å². The van der Waals surface area contributed by atoms with Gasteiger partial charge in [-0.05, 0) is 70.9 Å². The van der Waals surface area contributed by atoms with E-state index >= 15 is 0 Å². The van der Waals surface area contributed by atoms with Crippen molar-refractivity contribution in [1.29, 1.82) is 0 Å². The van der Waals surface area contributed by atoms with Crippen LogP contribution >= 0.6 is 0 Å². The number of nitrogens with one attached hydrogen (secondary N) is 2. The van der Waals surface area contributed by atoms with Crippen LogP contribution < -0.4 is 15.5 Å². The number of hydrogen-bond donors (Lipinski definition) is 2. The van der Waals surface area contributed by atoms with Crippen LogP contribution in [-0.2, 0) is 11.3 Å². The van der Waals surface area contributed by atoms with E-state index in [2.05, 4.69) is 66.1 Å². The third-order valence-corrected chi connectivity index (χ3v) is 5.53. The molecule has 0 bridgehead atoms. The lowest BCUT2D eigenvalue weighted by Crippen LogP contribution is -2.42. The molecule has 0 aromatic carbocycles. The molecule has 0 saturated carbocycles. The molecule has 1 fully saturated rings. The molecule has 30 heavy (non-hydrogen) atoms. The van der Waals surface area contributed by atoms with Gasteiger partial charge < -0.3 is 25.2 Å². The maximum absolute atomic E-state index is 5.65. The fourth-order valence-corrected chi connectivity index (χ4v) is 3.72. The van der Waals surface area contributed by atoms with E-state index in [1.54, 1.807) is 0 Å². The lowest BCUT2D eigenvalue weighted by molar-refractivity contribution is 0.0529. The number of pyridine rings is 1. The van der Waals surface area contributed by atoms with Crippen molar-refractivity contribution in [2.45, 2.75) is 66.2 Å². The van der Waals surface area contributed by atoms with Crippen LogP contribution in [-0.4, -0.2) is 73.9 Å². The highest BCUT2D eigenvalue weighted by atomic mass is 16.5. The molecule has 1 aromatic rings. The third-order valence-electron chi connectivity index (χ3n) is 5.53. The number of hydrogen-bond acceptors (Lipinski definition) is 5. The van der Waals surface area contributed by atoms with E-state index in [-0.39, 0.29) is 6.10 Å². The minimum absolute atomic E-state index is 0.245. The smallest absolute Gasteiger partial charge is 0.191 e. The number of aromatic nitrogens is 1. The second-order valence-electron chi connectivity index (χ2n) is 8.06. The Morgan fingerprint density at radius 1 is 1.37 bits per heavy atom. The van der Waals surface area contributed by atoms with E-state index in [0.29, 0.717) is 12.6 Å². The summed E-state index contributed by atoms with van der Waals surface area (Å²) in [6.07, 6.45) is 4.46.